The van der Waals surface area contributed by atoms with Gasteiger partial charge in [0.2, 0.25) is 0 Å². The van der Waals surface area contributed by atoms with E-state index in [9.17, 15) is 14.0 Å². The summed E-state index contributed by atoms with van der Waals surface area (Å²) < 4.78 is 15.5. The summed E-state index contributed by atoms with van der Waals surface area (Å²) in [4.78, 5) is 32.2. The lowest BCUT2D eigenvalue weighted by molar-refractivity contribution is -0.113. The fourth-order valence-electron chi connectivity index (χ4n) is 3.82. The van der Waals surface area contributed by atoms with Crippen LogP contribution in [0.5, 0.6) is 0 Å². The Labute approximate surface area is 202 Å². The number of aliphatic imine (C=N–C) groups is 1. The molecule has 0 N–H and O–H groups in total. The van der Waals surface area contributed by atoms with E-state index in [2.05, 4.69) is 11.6 Å². The Bertz CT molecular complexity index is 1310. The number of amidine groups is 1. The van der Waals surface area contributed by atoms with Gasteiger partial charge in [-0.2, -0.15) is 0 Å². The molecule has 2 heterocycles. The van der Waals surface area contributed by atoms with Crippen molar-refractivity contribution in [2.45, 2.75) is 20.4 Å². The van der Waals surface area contributed by atoms with E-state index < -0.39 is 5.82 Å². The van der Waals surface area contributed by atoms with Crippen LogP contribution in [0.4, 0.5) is 10.1 Å². The second-order valence-electron chi connectivity index (χ2n) is 7.85. The minimum absolute atomic E-state index is 0.0527. The van der Waals surface area contributed by atoms with Gasteiger partial charge >= 0.3 is 0 Å². The summed E-state index contributed by atoms with van der Waals surface area (Å²) in [7, 11) is 0. The van der Waals surface area contributed by atoms with Crippen LogP contribution in [0.15, 0.2) is 84.0 Å². The van der Waals surface area contributed by atoms with Gasteiger partial charge in [-0.3, -0.25) is 14.5 Å². The molecule has 4 rings (SSSR count). The van der Waals surface area contributed by atoms with E-state index in [4.69, 9.17) is 0 Å². The van der Waals surface area contributed by atoms with Gasteiger partial charge in [-0.15, -0.1) is 6.58 Å². The number of allylic oxidation sites excluding steroid dienone is 1. The molecule has 3 aromatic rings. The van der Waals surface area contributed by atoms with Gasteiger partial charge in [-0.05, 0) is 55.8 Å². The van der Waals surface area contributed by atoms with Crippen LogP contribution in [-0.4, -0.2) is 27.2 Å². The van der Waals surface area contributed by atoms with Crippen molar-refractivity contribution < 1.29 is 14.0 Å². The lowest BCUT2D eigenvalue weighted by Gasteiger charge is -2.17. The molecule has 0 fully saturated rings. The highest BCUT2D eigenvalue weighted by molar-refractivity contribution is 8.14. The summed E-state index contributed by atoms with van der Waals surface area (Å²) in [6.45, 7) is 8.27. The van der Waals surface area contributed by atoms with E-state index in [1.807, 2.05) is 54.8 Å². The number of carbonyl (C=O) groups is 2. The van der Waals surface area contributed by atoms with E-state index >= 15 is 0 Å². The predicted molar refractivity (Wildman–Crippen MR) is 137 cm³/mol. The van der Waals surface area contributed by atoms with Crippen molar-refractivity contribution in [1.82, 2.24) is 4.57 Å². The Morgan fingerprint density at radius 3 is 2.50 bits per heavy atom. The van der Waals surface area contributed by atoms with E-state index in [0.29, 0.717) is 23.0 Å². The number of amides is 1. The fraction of sp³-hybridized carbons (Fsp3) is 0.148. The maximum absolute atomic E-state index is 13.5. The van der Waals surface area contributed by atoms with Crippen molar-refractivity contribution in [3.63, 3.8) is 0 Å². The number of Topliss-reactive ketones (excluding diaryl/α,β-unsaturated/α-hetero) is 1. The highest BCUT2D eigenvalue weighted by Crippen LogP contribution is 2.30. The van der Waals surface area contributed by atoms with Crippen LogP contribution < -0.4 is 4.90 Å². The van der Waals surface area contributed by atoms with Crippen LogP contribution >= 0.6 is 11.8 Å². The summed E-state index contributed by atoms with van der Waals surface area (Å²) in [5.41, 5.74) is 4.10. The molecule has 0 bridgehead atoms. The number of ketones is 1. The average Bonchev–Trinajstić information content (AvgIpc) is 3.29. The highest BCUT2D eigenvalue weighted by Gasteiger charge is 2.32. The van der Waals surface area contributed by atoms with Gasteiger partial charge in [0.1, 0.15) is 11.5 Å². The lowest BCUT2D eigenvalue weighted by Crippen LogP contribution is -2.30. The predicted octanol–water partition coefficient (Wildman–Crippen LogP) is 5.79. The van der Waals surface area contributed by atoms with Gasteiger partial charge in [0, 0.05) is 23.5 Å². The van der Waals surface area contributed by atoms with Crippen molar-refractivity contribution in [2.75, 3.05) is 10.7 Å². The van der Waals surface area contributed by atoms with Gasteiger partial charge in [-0.25, -0.2) is 9.38 Å². The first-order valence-electron chi connectivity index (χ1n) is 10.8. The SMILES string of the molecule is C=CCn1c(C)cc(C(=O)CSC2=N/C(=C\c3ccccc3)C(=O)N2c2ccc(F)cc2)c1C. The van der Waals surface area contributed by atoms with Gasteiger partial charge in [0.25, 0.3) is 5.91 Å². The largest absolute Gasteiger partial charge is 0.345 e. The van der Waals surface area contributed by atoms with Crippen molar-refractivity contribution in [3.05, 3.63) is 107 Å². The zero-order valence-electron chi connectivity index (χ0n) is 19.0. The number of halogens is 1. The molecule has 7 heteroatoms. The van der Waals surface area contributed by atoms with E-state index in [0.717, 1.165) is 17.0 Å². The normalized spacial score (nSPS) is 14.6. The Hall–Kier alpha value is -3.71. The molecule has 172 valence electrons. The highest BCUT2D eigenvalue weighted by atomic mass is 32.2. The molecule has 1 aromatic heterocycles. The number of hydrogen-bond donors (Lipinski definition) is 0. The van der Waals surface area contributed by atoms with Crippen LogP contribution in [0.1, 0.15) is 27.3 Å². The molecule has 0 atom stereocenters. The number of nitrogens with zero attached hydrogens (tertiary/aromatic N) is 3. The van der Waals surface area contributed by atoms with Crippen LogP contribution in [-0.2, 0) is 11.3 Å². The first kappa shape index (κ1) is 23.4. The number of aromatic nitrogens is 1. The van der Waals surface area contributed by atoms with Crippen molar-refractivity contribution in [1.29, 1.82) is 0 Å². The van der Waals surface area contributed by atoms with Gasteiger partial charge in [-0.1, -0.05) is 48.2 Å². The molecular formula is C27H24FN3O2S. The standard InChI is InChI=1S/C27H24FN3O2S/c1-4-14-30-18(2)15-23(19(30)3)25(32)17-34-27-29-24(16-20-8-6-5-7-9-20)26(33)31(27)22-12-10-21(28)11-13-22/h4-13,15-16H,1,14,17H2,2-3H3/b24-16-. The first-order valence-corrected chi connectivity index (χ1v) is 11.8. The third-order valence-electron chi connectivity index (χ3n) is 5.54. The Morgan fingerprint density at radius 1 is 1.12 bits per heavy atom. The Morgan fingerprint density at radius 2 is 1.82 bits per heavy atom. The van der Waals surface area contributed by atoms with E-state index in [-0.39, 0.29) is 23.1 Å². The third kappa shape index (κ3) is 4.79. The summed E-state index contributed by atoms with van der Waals surface area (Å²) in [5, 5.41) is 0.382. The molecule has 1 aliphatic rings. The molecule has 2 aromatic carbocycles. The lowest BCUT2D eigenvalue weighted by atomic mass is 10.2. The number of aryl methyl sites for hydroxylation is 1. The van der Waals surface area contributed by atoms with Gasteiger partial charge in [0.05, 0.1) is 11.4 Å². The average molecular weight is 474 g/mol. The minimum atomic E-state index is -0.397. The molecule has 5 nitrogen and oxygen atoms in total. The Kier molecular flexibility index (Phi) is 6.93. The van der Waals surface area contributed by atoms with Gasteiger partial charge < -0.3 is 4.57 Å². The number of carbonyl (C=O) groups excluding carboxylic acids is 2. The molecule has 1 amide bonds. The minimum Gasteiger partial charge on any atom is -0.345 e. The molecule has 34 heavy (non-hydrogen) atoms. The molecule has 0 spiro atoms. The summed E-state index contributed by atoms with van der Waals surface area (Å²) in [6.07, 6.45) is 3.50. The number of anilines is 1. The van der Waals surface area contributed by atoms with Crippen molar-refractivity contribution in [2.24, 2.45) is 4.99 Å². The molecule has 0 saturated carbocycles. The third-order valence-corrected chi connectivity index (χ3v) is 6.47. The molecule has 0 unspecified atom stereocenters. The summed E-state index contributed by atoms with van der Waals surface area (Å²) in [6, 6.07) is 16.9. The van der Waals surface area contributed by atoms with Crippen LogP contribution in [0.2, 0.25) is 0 Å². The monoisotopic (exact) mass is 473 g/mol. The molecule has 0 radical (unpaired) electrons. The van der Waals surface area contributed by atoms with Gasteiger partial charge in [0.15, 0.2) is 11.0 Å². The van der Waals surface area contributed by atoms with E-state index in [1.54, 1.807) is 12.2 Å². The van der Waals surface area contributed by atoms with Crippen LogP contribution in [0, 0.1) is 19.7 Å². The number of hydrogen-bond acceptors (Lipinski definition) is 4. The number of rotatable bonds is 7. The van der Waals surface area contributed by atoms with Crippen molar-refractivity contribution >= 4 is 40.4 Å². The van der Waals surface area contributed by atoms with E-state index in [1.165, 1.54) is 40.9 Å². The topological polar surface area (TPSA) is 54.7 Å². The quantitative estimate of drug-likeness (QED) is 0.248. The van der Waals surface area contributed by atoms with Crippen LogP contribution in [0.25, 0.3) is 6.08 Å². The zero-order valence-corrected chi connectivity index (χ0v) is 19.8. The summed E-state index contributed by atoms with van der Waals surface area (Å²) in [5.74, 6) is -0.662. The zero-order chi connectivity index (χ0) is 24.2. The fourth-order valence-corrected chi connectivity index (χ4v) is 4.72. The molecular weight excluding hydrogens is 449 g/mol. The molecule has 0 aliphatic carbocycles. The number of benzene rings is 2. The maximum Gasteiger partial charge on any atom is 0.283 e. The Balaban J connectivity index is 1.62. The summed E-state index contributed by atoms with van der Waals surface area (Å²) >= 11 is 1.19. The molecule has 0 saturated heterocycles. The number of thioether (sulfide) groups is 1. The smallest absolute Gasteiger partial charge is 0.283 e. The second-order valence-corrected chi connectivity index (χ2v) is 8.79. The first-order chi connectivity index (χ1) is 16.4. The van der Waals surface area contributed by atoms with Crippen LogP contribution in [0.3, 0.4) is 0 Å². The van der Waals surface area contributed by atoms with Crippen molar-refractivity contribution in [3.8, 4) is 0 Å². The molecule has 1 aliphatic heterocycles. The second kappa shape index (κ2) is 10.1. The maximum atomic E-state index is 13.5.